The van der Waals surface area contributed by atoms with Gasteiger partial charge in [0.25, 0.3) is 0 Å². The predicted molar refractivity (Wildman–Crippen MR) is 62.8 cm³/mol. The van der Waals surface area contributed by atoms with Crippen LogP contribution in [0.25, 0.3) is 0 Å². The van der Waals surface area contributed by atoms with Gasteiger partial charge in [0.05, 0.1) is 12.3 Å². The second kappa shape index (κ2) is 5.40. The number of carbonyl (C=O) groups is 1. The second-order valence-corrected chi connectivity index (χ2v) is 4.85. The zero-order valence-electron chi connectivity index (χ0n) is 10.4. The van der Waals surface area contributed by atoms with Crippen LogP contribution in [-0.4, -0.2) is 40.5 Å². The van der Waals surface area contributed by atoms with Crippen LogP contribution in [-0.2, 0) is 11.2 Å². The summed E-state index contributed by atoms with van der Waals surface area (Å²) in [6, 6.07) is 0.551. The molecule has 0 aliphatic carbocycles. The van der Waals surface area contributed by atoms with Crippen molar-refractivity contribution in [2.24, 2.45) is 0 Å². The van der Waals surface area contributed by atoms with Gasteiger partial charge in [-0.2, -0.15) is 4.98 Å². The Hall–Kier alpha value is -1.23. The van der Waals surface area contributed by atoms with Crippen LogP contribution >= 0.6 is 0 Å². The molecule has 1 aliphatic rings. The maximum absolute atomic E-state index is 10.4. The lowest BCUT2D eigenvalue weighted by atomic mass is 9.97. The molecule has 1 saturated heterocycles. The van der Waals surface area contributed by atoms with E-state index in [1.807, 2.05) is 0 Å². The molecule has 0 aromatic carbocycles. The molecular weight excluding hydrogens is 218 g/mol. The van der Waals surface area contributed by atoms with Crippen LogP contribution in [0.5, 0.6) is 0 Å². The van der Waals surface area contributed by atoms with E-state index in [-0.39, 0.29) is 6.42 Å². The summed E-state index contributed by atoms with van der Waals surface area (Å²) in [7, 11) is 0. The number of carbonyl (C=O) groups excluding carboxylic acids is 1. The third-order valence-electron chi connectivity index (χ3n) is 3.28. The molecule has 1 aromatic heterocycles. The Balaban J connectivity index is 2.02. The van der Waals surface area contributed by atoms with Gasteiger partial charge in [0, 0.05) is 12.6 Å². The van der Waals surface area contributed by atoms with Crippen molar-refractivity contribution in [1.82, 2.24) is 15.0 Å². The van der Waals surface area contributed by atoms with E-state index in [2.05, 4.69) is 28.9 Å². The fraction of sp³-hybridized carbons (Fsp3) is 0.750. The zero-order valence-corrected chi connectivity index (χ0v) is 10.4. The number of hydrogen-bond acceptors (Lipinski definition) is 5. The summed E-state index contributed by atoms with van der Waals surface area (Å²) in [6.45, 7) is 6.52. The molecule has 5 heteroatoms. The van der Waals surface area contributed by atoms with Crippen molar-refractivity contribution < 1.29 is 9.32 Å². The first kappa shape index (κ1) is 12.2. The van der Waals surface area contributed by atoms with Gasteiger partial charge in [-0.25, -0.2) is 0 Å². The van der Waals surface area contributed by atoms with Gasteiger partial charge in [-0.15, -0.1) is 0 Å². The molecule has 1 unspecified atom stereocenters. The molecule has 0 bridgehead atoms. The fourth-order valence-corrected chi connectivity index (χ4v) is 2.27. The second-order valence-electron chi connectivity index (χ2n) is 4.85. The predicted octanol–water partition coefficient (Wildman–Crippen LogP) is 1.40. The Kier molecular flexibility index (Phi) is 3.89. The van der Waals surface area contributed by atoms with Gasteiger partial charge in [-0.05, 0) is 33.2 Å². The first-order valence-electron chi connectivity index (χ1n) is 6.21. The molecule has 1 atom stereocenters. The Morgan fingerprint density at radius 2 is 2.41 bits per heavy atom. The number of piperidine rings is 1. The van der Waals surface area contributed by atoms with Crippen molar-refractivity contribution in [2.75, 3.05) is 13.1 Å². The topological polar surface area (TPSA) is 59.2 Å². The lowest BCUT2D eigenvalue weighted by Crippen LogP contribution is -2.39. The molecule has 17 heavy (non-hydrogen) atoms. The van der Waals surface area contributed by atoms with Crippen LogP contribution in [0.4, 0.5) is 0 Å². The summed E-state index contributed by atoms with van der Waals surface area (Å²) < 4.78 is 5.24. The number of aldehydes is 1. The van der Waals surface area contributed by atoms with E-state index in [9.17, 15) is 4.79 Å². The van der Waals surface area contributed by atoms with Gasteiger partial charge in [-0.3, -0.25) is 0 Å². The van der Waals surface area contributed by atoms with E-state index in [1.165, 1.54) is 0 Å². The van der Waals surface area contributed by atoms with Crippen LogP contribution in [0.15, 0.2) is 4.52 Å². The smallest absolute Gasteiger partial charge is 0.231 e. The first-order valence-corrected chi connectivity index (χ1v) is 6.21. The van der Waals surface area contributed by atoms with Crippen LogP contribution in [0, 0.1) is 0 Å². The van der Waals surface area contributed by atoms with E-state index >= 15 is 0 Å². The number of hydrogen-bond donors (Lipinski definition) is 0. The fourth-order valence-electron chi connectivity index (χ4n) is 2.27. The van der Waals surface area contributed by atoms with Crippen molar-refractivity contribution >= 4 is 6.29 Å². The minimum atomic E-state index is 0.240. The molecule has 0 amide bonds. The summed E-state index contributed by atoms with van der Waals surface area (Å²) >= 11 is 0. The molecule has 2 heterocycles. The van der Waals surface area contributed by atoms with Crippen molar-refractivity contribution in [3.8, 4) is 0 Å². The Morgan fingerprint density at radius 1 is 1.59 bits per heavy atom. The van der Waals surface area contributed by atoms with Crippen LogP contribution in [0.2, 0.25) is 0 Å². The highest BCUT2D eigenvalue weighted by Crippen LogP contribution is 2.26. The molecule has 94 valence electrons. The molecule has 0 spiro atoms. The van der Waals surface area contributed by atoms with Crippen LogP contribution < -0.4 is 0 Å². The monoisotopic (exact) mass is 237 g/mol. The normalized spacial score (nSPS) is 21.9. The van der Waals surface area contributed by atoms with Gasteiger partial charge in [0.15, 0.2) is 5.82 Å². The summed E-state index contributed by atoms with van der Waals surface area (Å²) in [5, 5.41) is 3.82. The largest absolute Gasteiger partial charge is 0.339 e. The van der Waals surface area contributed by atoms with E-state index < -0.39 is 0 Å². The average molecular weight is 237 g/mol. The molecule has 1 aromatic rings. The van der Waals surface area contributed by atoms with Gasteiger partial charge in [-0.1, -0.05) is 5.16 Å². The first-order chi connectivity index (χ1) is 8.20. The summed E-state index contributed by atoms with van der Waals surface area (Å²) in [5.41, 5.74) is 0. The summed E-state index contributed by atoms with van der Waals surface area (Å²) in [6.07, 6.45) is 3.29. The molecule has 0 N–H and O–H groups in total. The quantitative estimate of drug-likeness (QED) is 0.741. The summed E-state index contributed by atoms with van der Waals surface area (Å²) in [4.78, 5) is 17.1. The van der Waals surface area contributed by atoms with E-state index in [1.54, 1.807) is 0 Å². The lowest BCUT2D eigenvalue weighted by molar-refractivity contribution is -0.107. The van der Waals surface area contributed by atoms with Crippen LogP contribution in [0.3, 0.4) is 0 Å². The van der Waals surface area contributed by atoms with Gasteiger partial charge in [0.2, 0.25) is 5.89 Å². The van der Waals surface area contributed by atoms with E-state index in [0.29, 0.717) is 23.7 Å². The molecule has 0 saturated carbocycles. The van der Waals surface area contributed by atoms with E-state index in [0.717, 1.165) is 32.2 Å². The Labute approximate surface area is 101 Å². The molecule has 5 nitrogen and oxygen atoms in total. The van der Waals surface area contributed by atoms with E-state index in [4.69, 9.17) is 4.52 Å². The number of nitrogens with zero attached hydrogens (tertiary/aromatic N) is 3. The third kappa shape index (κ3) is 2.91. The molecule has 1 aliphatic heterocycles. The molecule has 1 fully saturated rings. The third-order valence-corrected chi connectivity index (χ3v) is 3.28. The van der Waals surface area contributed by atoms with Crippen molar-refractivity contribution in [2.45, 2.75) is 45.1 Å². The lowest BCUT2D eigenvalue weighted by Gasteiger charge is -2.33. The average Bonchev–Trinajstić information content (AvgIpc) is 2.78. The summed E-state index contributed by atoms with van der Waals surface area (Å²) in [5.74, 6) is 1.50. The van der Waals surface area contributed by atoms with Crippen molar-refractivity contribution in [1.29, 1.82) is 0 Å². The maximum atomic E-state index is 10.4. The SMILES string of the molecule is CC(C)N1CCCC(c2nc(CC=O)no2)C1. The minimum absolute atomic E-state index is 0.240. The van der Waals surface area contributed by atoms with Crippen LogP contribution in [0.1, 0.15) is 44.3 Å². The standard InChI is InChI=1S/C12H19N3O2/c1-9(2)15-6-3-4-10(8-15)12-13-11(5-7-16)14-17-12/h7,9-10H,3-6,8H2,1-2H3. The minimum Gasteiger partial charge on any atom is -0.339 e. The van der Waals surface area contributed by atoms with Gasteiger partial charge in [0.1, 0.15) is 6.29 Å². The number of likely N-dealkylation sites (tertiary alicyclic amines) is 1. The highest BCUT2D eigenvalue weighted by molar-refractivity contribution is 5.52. The Morgan fingerprint density at radius 3 is 3.12 bits per heavy atom. The Bertz CT molecular complexity index is 376. The zero-order chi connectivity index (χ0) is 12.3. The number of rotatable bonds is 4. The van der Waals surface area contributed by atoms with Gasteiger partial charge >= 0.3 is 0 Å². The highest BCUT2D eigenvalue weighted by atomic mass is 16.5. The molecule has 2 rings (SSSR count). The van der Waals surface area contributed by atoms with Gasteiger partial charge < -0.3 is 14.2 Å². The maximum Gasteiger partial charge on any atom is 0.231 e. The molecular formula is C12H19N3O2. The molecule has 0 radical (unpaired) electrons. The number of aromatic nitrogens is 2. The highest BCUT2D eigenvalue weighted by Gasteiger charge is 2.26. The van der Waals surface area contributed by atoms with Crippen molar-refractivity contribution in [3.63, 3.8) is 0 Å². The van der Waals surface area contributed by atoms with Crippen molar-refractivity contribution in [3.05, 3.63) is 11.7 Å².